The molecule has 0 spiro atoms. The predicted octanol–water partition coefficient (Wildman–Crippen LogP) is 2.47. The summed E-state index contributed by atoms with van der Waals surface area (Å²) in [6.07, 6.45) is 0.878. The van der Waals surface area contributed by atoms with Crippen molar-refractivity contribution in [3.8, 4) is 0 Å². The lowest BCUT2D eigenvalue weighted by molar-refractivity contribution is -0.143. The summed E-state index contributed by atoms with van der Waals surface area (Å²) >= 11 is 7.37. The van der Waals surface area contributed by atoms with Crippen molar-refractivity contribution in [1.82, 2.24) is 5.32 Å². The second kappa shape index (κ2) is 9.52. The zero-order valence-corrected chi connectivity index (χ0v) is 13.4. The van der Waals surface area contributed by atoms with Crippen molar-refractivity contribution >= 4 is 40.9 Å². The normalized spacial score (nSPS) is 10.2. The second-order valence-electron chi connectivity index (χ2n) is 4.24. The fourth-order valence-corrected chi connectivity index (χ4v) is 2.62. The van der Waals surface area contributed by atoms with Crippen molar-refractivity contribution in [2.45, 2.75) is 24.7 Å². The van der Waals surface area contributed by atoms with E-state index >= 15 is 0 Å². The Balaban J connectivity index is 2.21. The Morgan fingerprint density at radius 2 is 2.19 bits per heavy atom. The van der Waals surface area contributed by atoms with Gasteiger partial charge in [0.2, 0.25) is 5.91 Å². The molecule has 0 heterocycles. The Morgan fingerprint density at radius 1 is 1.43 bits per heavy atom. The quantitative estimate of drug-likeness (QED) is 0.331. The molecule has 0 saturated carbocycles. The standard InChI is InChI=1S/C14H19ClN2O3S/c1-2-20-14(19)4-3-7-17-13(18)9-21-12-6-5-10(16)8-11(12)15/h5-6,8H,2-4,7,9,16H2,1H3,(H,17,18). The van der Waals surface area contributed by atoms with Crippen molar-refractivity contribution in [3.05, 3.63) is 23.2 Å². The number of carbonyl (C=O) groups is 2. The molecule has 7 heteroatoms. The zero-order valence-electron chi connectivity index (χ0n) is 11.9. The maximum absolute atomic E-state index is 11.6. The summed E-state index contributed by atoms with van der Waals surface area (Å²) in [7, 11) is 0. The molecule has 1 aromatic carbocycles. The molecule has 0 aliphatic carbocycles. The van der Waals surface area contributed by atoms with Crippen LogP contribution in [0.1, 0.15) is 19.8 Å². The van der Waals surface area contributed by atoms with Crippen LogP contribution in [0.25, 0.3) is 0 Å². The first kappa shape index (κ1) is 17.7. The first-order chi connectivity index (χ1) is 10.0. The van der Waals surface area contributed by atoms with Crippen LogP contribution in [-0.4, -0.2) is 30.8 Å². The monoisotopic (exact) mass is 330 g/mol. The van der Waals surface area contributed by atoms with Crippen molar-refractivity contribution in [2.24, 2.45) is 0 Å². The van der Waals surface area contributed by atoms with Gasteiger partial charge in [-0.05, 0) is 31.5 Å². The van der Waals surface area contributed by atoms with Gasteiger partial charge in [-0.3, -0.25) is 9.59 Å². The summed E-state index contributed by atoms with van der Waals surface area (Å²) < 4.78 is 4.80. The fraction of sp³-hybridized carbons (Fsp3) is 0.429. The predicted molar refractivity (Wildman–Crippen MR) is 85.5 cm³/mol. The molecule has 116 valence electrons. The van der Waals surface area contributed by atoms with Crippen LogP contribution < -0.4 is 11.1 Å². The van der Waals surface area contributed by atoms with Gasteiger partial charge in [0.25, 0.3) is 0 Å². The maximum atomic E-state index is 11.6. The van der Waals surface area contributed by atoms with Gasteiger partial charge in [0.05, 0.1) is 17.4 Å². The number of nitrogens with two attached hydrogens (primary N) is 1. The van der Waals surface area contributed by atoms with Crippen molar-refractivity contribution in [3.63, 3.8) is 0 Å². The number of nitrogen functional groups attached to an aromatic ring is 1. The topological polar surface area (TPSA) is 81.4 Å². The Bertz CT molecular complexity index is 497. The molecule has 5 nitrogen and oxygen atoms in total. The maximum Gasteiger partial charge on any atom is 0.305 e. The van der Waals surface area contributed by atoms with Gasteiger partial charge in [-0.25, -0.2) is 0 Å². The highest BCUT2D eigenvalue weighted by atomic mass is 35.5. The van der Waals surface area contributed by atoms with Gasteiger partial charge in [-0.1, -0.05) is 11.6 Å². The van der Waals surface area contributed by atoms with E-state index in [4.69, 9.17) is 22.1 Å². The van der Waals surface area contributed by atoms with E-state index in [9.17, 15) is 9.59 Å². The Hall–Kier alpha value is -1.40. The SMILES string of the molecule is CCOC(=O)CCCNC(=O)CSc1ccc(N)cc1Cl. The molecule has 0 saturated heterocycles. The first-order valence-corrected chi connectivity index (χ1v) is 7.99. The molecule has 0 aromatic heterocycles. The fourth-order valence-electron chi connectivity index (χ4n) is 1.52. The van der Waals surface area contributed by atoms with Gasteiger partial charge in [-0.2, -0.15) is 0 Å². The number of ether oxygens (including phenoxy) is 1. The highest BCUT2D eigenvalue weighted by Crippen LogP contribution is 2.28. The summed E-state index contributed by atoms with van der Waals surface area (Å²) in [4.78, 5) is 23.6. The van der Waals surface area contributed by atoms with Gasteiger partial charge < -0.3 is 15.8 Å². The number of halogens is 1. The van der Waals surface area contributed by atoms with Gasteiger partial charge in [0.1, 0.15) is 0 Å². The van der Waals surface area contributed by atoms with Gasteiger partial charge in [-0.15, -0.1) is 11.8 Å². The molecule has 0 atom stereocenters. The highest BCUT2D eigenvalue weighted by Gasteiger charge is 2.07. The van der Waals surface area contributed by atoms with Crippen LogP contribution in [0.5, 0.6) is 0 Å². The Morgan fingerprint density at radius 3 is 2.86 bits per heavy atom. The van der Waals surface area contributed by atoms with Crippen LogP contribution >= 0.6 is 23.4 Å². The van der Waals surface area contributed by atoms with Gasteiger partial charge in [0.15, 0.2) is 0 Å². The molecule has 0 radical (unpaired) electrons. The molecule has 0 aliphatic heterocycles. The Kier molecular flexibility index (Phi) is 8.00. The molecule has 21 heavy (non-hydrogen) atoms. The molecular weight excluding hydrogens is 312 g/mol. The third-order valence-electron chi connectivity index (χ3n) is 2.50. The van der Waals surface area contributed by atoms with Crippen LogP contribution in [-0.2, 0) is 14.3 Å². The lowest BCUT2D eigenvalue weighted by Crippen LogP contribution is -2.26. The third kappa shape index (κ3) is 7.24. The van der Waals surface area contributed by atoms with E-state index in [0.29, 0.717) is 36.7 Å². The highest BCUT2D eigenvalue weighted by molar-refractivity contribution is 8.00. The van der Waals surface area contributed by atoms with E-state index in [0.717, 1.165) is 4.90 Å². The number of rotatable bonds is 8. The van der Waals surface area contributed by atoms with Gasteiger partial charge in [0, 0.05) is 23.5 Å². The number of nitrogens with one attached hydrogen (secondary N) is 1. The molecule has 0 bridgehead atoms. The summed E-state index contributed by atoms with van der Waals surface area (Å²) in [6, 6.07) is 5.18. The summed E-state index contributed by atoms with van der Waals surface area (Å²) in [5.74, 6) is -0.0743. The summed E-state index contributed by atoms with van der Waals surface area (Å²) in [5, 5.41) is 3.28. The smallest absolute Gasteiger partial charge is 0.305 e. The van der Waals surface area contributed by atoms with Crippen molar-refractivity contribution in [2.75, 3.05) is 24.6 Å². The van der Waals surface area contributed by atoms with Crippen LogP contribution in [0, 0.1) is 0 Å². The van der Waals surface area contributed by atoms with Gasteiger partial charge >= 0.3 is 5.97 Å². The number of carbonyl (C=O) groups excluding carboxylic acids is 2. The molecule has 1 amide bonds. The minimum Gasteiger partial charge on any atom is -0.466 e. The molecule has 0 aliphatic rings. The number of anilines is 1. The number of thioether (sulfide) groups is 1. The minimum atomic E-state index is -0.241. The molecule has 0 unspecified atom stereocenters. The van der Waals surface area contributed by atoms with Crippen molar-refractivity contribution < 1.29 is 14.3 Å². The zero-order chi connectivity index (χ0) is 15.7. The lowest BCUT2D eigenvalue weighted by atomic mass is 10.3. The summed E-state index contributed by atoms with van der Waals surface area (Å²) in [6.45, 7) is 2.59. The number of benzene rings is 1. The minimum absolute atomic E-state index is 0.100. The number of hydrogen-bond donors (Lipinski definition) is 2. The van der Waals surface area contributed by atoms with E-state index in [2.05, 4.69) is 5.32 Å². The van der Waals surface area contributed by atoms with E-state index < -0.39 is 0 Å². The Labute approximate surface area is 133 Å². The van der Waals surface area contributed by atoms with E-state index in [1.165, 1.54) is 11.8 Å². The molecule has 1 rings (SSSR count). The largest absolute Gasteiger partial charge is 0.466 e. The van der Waals surface area contributed by atoms with E-state index in [1.807, 2.05) is 0 Å². The molecule has 3 N–H and O–H groups in total. The number of amides is 1. The average molecular weight is 331 g/mol. The third-order valence-corrected chi connectivity index (χ3v) is 4.00. The number of hydrogen-bond acceptors (Lipinski definition) is 5. The van der Waals surface area contributed by atoms with Crippen LogP contribution in [0.4, 0.5) is 5.69 Å². The second-order valence-corrected chi connectivity index (χ2v) is 5.66. The van der Waals surface area contributed by atoms with Crippen LogP contribution in [0.2, 0.25) is 5.02 Å². The first-order valence-electron chi connectivity index (χ1n) is 6.63. The van der Waals surface area contributed by atoms with E-state index in [1.54, 1.807) is 25.1 Å². The molecule has 0 fully saturated rings. The molecular formula is C14H19ClN2O3S. The lowest BCUT2D eigenvalue weighted by Gasteiger charge is -2.06. The number of esters is 1. The average Bonchev–Trinajstić information content (AvgIpc) is 2.43. The summed E-state index contributed by atoms with van der Waals surface area (Å²) in [5.41, 5.74) is 6.19. The van der Waals surface area contributed by atoms with Crippen LogP contribution in [0.3, 0.4) is 0 Å². The van der Waals surface area contributed by atoms with Crippen molar-refractivity contribution in [1.29, 1.82) is 0 Å². The van der Waals surface area contributed by atoms with E-state index in [-0.39, 0.29) is 17.6 Å². The molecule has 1 aromatic rings. The van der Waals surface area contributed by atoms with Crippen LogP contribution in [0.15, 0.2) is 23.1 Å².